The summed E-state index contributed by atoms with van der Waals surface area (Å²) in [5.41, 5.74) is 3.46. The molecule has 1 heterocycles. The minimum Gasteiger partial charge on any atom is -0.493 e. The number of methoxy groups -OCH3 is 4. The number of benzene rings is 2. The van der Waals surface area contributed by atoms with Gasteiger partial charge in [-0.25, -0.2) is 0 Å². The lowest BCUT2D eigenvalue weighted by molar-refractivity contribution is 0.353. The van der Waals surface area contributed by atoms with Crippen molar-refractivity contribution >= 4 is 18.5 Å². The molecule has 1 atom stereocenters. The molecular weight excluding hydrogens is 354 g/mol. The van der Waals surface area contributed by atoms with Gasteiger partial charge in [-0.3, -0.25) is 0 Å². The van der Waals surface area contributed by atoms with Gasteiger partial charge < -0.3 is 24.3 Å². The van der Waals surface area contributed by atoms with Crippen LogP contribution in [-0.4, -0.2) is 28.4 Å². The SMILES string of the molecule is COc1ccc(CC2NC=Cc3cc(OC)c(OC)cc32)cc1OC.Cl. The lowest BCUT2D eigenvalue weighted by Gasteiger charge is -2.25. The summed E-state index contributed by atoms with van der Waals surface area (Å²) < 4.78 is 21.6. The zero-order valence-electron chi connectivity index (χ0n) is 15.4. The maximum Gasteiger partial charge on any atom is 0.161 e. The Balaban J connectivity index is 0.00000243. The number of hydrogen-bond donors (Lipinski definition) is 1. The van der Waals surface area contributed by atoms with Crippen LogP contribution in [0.4, 0.5) is 0 Å². The Kier molecular flexibility index (Phi) is 6.64. The van der Waals surface area contributed by atoms with Gasteiger partial charge in [-0.1, -0.05) is 6.07 Å². The van der Waals surface area contributed by atoms with Gasteiger partial charge in [0.25, 0.3) is 0 Å². The van der Waals surface area contributed by atoms with Crippen molar-refractivity contribution in [1.29, 1.82) is 0 Å². The summed E-state index contributed by atoms with van der Waals surface area (Å²) in [6.07, 6.45) is 4.83. The van der Waals surface area contributed by atoms with E-state index < -0.39 is 0 Å². The lowest BCUT2D eigenvalue weighted by atomic mass is 9.92. The smallest absolute Gasteiger partial charge is 0.161 e. The molecule has 0 saturated carbocycles. The summed E-state index contributed by atoms with van der Waals surface area (Å²) in [5, 5.41) is 3.43. The van der Waals surface area contributed by atoms with Crippen molar-refractivity contribution in [3.63, 3.8) is 0 Å². The molecule has 2 aromatic carbocycles. The Bertz CT molecular complexity index is 792. The molecule has 0 radical (unpaired) electrons. The van der Waals surface area contributed by atoms with Crippen LogP contribution in [0, 0.1) is 0 Å². The number of ether oxygens (including phenoxy) is 4. The van der Waals surface area contributed by atoms with Crippen molar-refractivity contribution in [3.8, 4) is 23.0 Å². The largest absolute Gasteiger partial charge is 0.493 e. The standard InChI is InChI=1S/C20H23NO4.ClH/c1-22-17-6-5-13(10-18(17)23-2)9-16-15-12-20(25-4)19(24-3)11-14(15)7-8-21-16;/h5-8,10-12,16,21H,9H2,1-4H3;1H. The predicted molar refractivity (Wildman–Crippen MR) is 105 cm³/mol. The number of nitrogens with one attached hydrogen (secondary N) is 1. The Hall–Kier alpha value is -2.53. The van der Waals surface area contributed by atoms with E-state index in [-0.39, 0.29) is 18.4 Å². The van der Waals surface area contributed by atoms with E-state index in [1.54, 1.807) is 28.4 Å². The summed E-state index contributed by atoms with van der Waals surface area (Å²) in [6.45, 7) is 0. The highest BCUT2D eigenvalue weighted by Gasteiger charge is 2.21. The maximum atomic E-state index is 5.45. The highest BCUT2D eigenvalue weighted by atomic mass is 35.5. The van der Waals surface area contributed by atoms with E-state index in [0.717, 1.165) is 40.5 Å². The van der Waals surface area contributed by atoms with E-state index in [4.69, 9.17) is 18.9 Å². The molecule has 0 aromatic heterocycles. The Morgan fingerprint density at radius 3 is 2.08 bits per heavy atom. The fourth-order valence-electron chi connectivity index (χ4n) is 3.11. The average molecular weight is 378 g/mol. The number of halogens is 1. The van der Waals surface area contributed by atoms with Crippen LogP contribution < -0.4 is 24.3 Å². The maximum absolute atomic E-state index is 5.45. The number of fused-ring (bicyclic) bond motifs is 1. The van der Waals surface area contributed by atoms with Crippen LogP contribution in [0.25, 0.3) is 6.08 Å². The zero-order valence-corrected chi connectivity index (χ0v) is 16.2. The van der Waals surface area contributed by atoms with E-state index >= 15 is 0 Å². The van der Waals surface area contributed by atoms with Crippen LogP contribution in [0.3, 0.4) is 0 Å². The Morgan fingerprint density at radius 1 is 0.808 bits per heavy atom. The van der Waals surface area contributed by atoms with Crippen LogP contribution in [0.15, 0.2) is 36.5 Å². The van der Waals surface area contributed by atoms with Gasteiger partial charge in [0.15, 0.2) is 23.0 Å². The third-order valence-corrected chi connectivity index (χ3v) is 4.41. The molecule has 0 aliphatic carbocycles. The van der Waals surface area contributed by atoms with Crippen molar-refractivity contribution in [1.82, 2.24) is 5.32 Å². The topological polar surface area (TPSA) is 49.0 Å². The Morgan fingerprint density at radius 2 is 1.42 bits per heavy atom. The third-order valence-electron chi connectivity index (χ3n) is 4.41. The first-order chi connectivity index (χ1) is 12.2. The normalized spacial score (nSPS) is 14.5. The van der Waals surface area contributed by atoms with Crippen molar-refractivity contribution in [3.05, 3.63) is 53.2 Å². The highest BCUT2D eigenvalue weighted by molar-refractivity contribution is 5.85. The van der Waals surface area contributed by atoms with Crippen molar-refractivity contribution < 1.29 is 18.9 Å². The molecule has 0 amide bonds. The molecule has 1 aliphatic heterocycles. The minimum atomic E-state index is 0. The van der Waals surface area contributed by atoms with E-state index in [1.807, 2.05) is 36.5 Å². The quantitative estimate of drug-likeness (QED) is 0.824. The fourth-order valence-corrected chi connectivity index (χ4v) is 3.11. The van der Waals surface area contributed by atoms with Gasteiger partial charge in [0.05, 0.1) is 34.5 Å². The lowest BCUT2D eigenvalue weighted by Crippen LogP contribution is -2.22. The van der Waals surface area contributed by atoms with Crippen LogP contribution in [0.2, 0.25) is 0 Å². The molecule has 1 unspecified atom stereocenters. The number of hydrogen-bond acceptors (Lipinski definition) is 5. The first-order valence-corrected chi connectivity index (χ1v) is 8.09. The van der Waals surface area contributed by atoms with Gasteiger partial charge in [-0.15, -0.1) is 12.4 Å². The van der Waals surface area contributed by atoms with Crippen LogP contribution in [0.5, 0.6) is 23.0 Å². The molecule has 140 valence electrons. The molecular formula is C20H24ClNO4. The zero-order chi connectivity index (χ0) is 17.8. The molecule has 0 spiro atoms. The molecule has 26 heavy (non-hydrogen) atoms. The average Bonchev–Trinajstić information content (AvgIpc) is 2.66. The fraction of sp³-hybridized carbons (Fsp3) is 0.300. The molecule has 0 fully saturated rings. The first kappa shape index (κ1) is 19.8. The second-order valence-corrected chi connectivity index (χ2v) is 5.78. The summed E-state index contributed by atoms with van der Waals surface area (Å²) >= 11 is 0. The summed E-state index contributed by atoms with van der Waals surface area (Å²) in [6, 6.07) is 10.2. The van der Waals surface area contributed by atoms with E-state index in [9.17, 15) is 0 Å². The van der Waals surface area contributed by atoms with Gasteiger partial charge >= 0.3 is 0 Å². The molecule has 1 aliphatic rings. The van der Waals surface area contributed by atoms with Crippen molar-refractivity contribution in [2.45, 2.75) is 12.5 Å². The molecule has 1 N–H and O–H groups in total. The van der Waals surface area contributed by atoms with Gasteiger partial charge in [-0.2, -0.15) is 0 Å². The molecule has 2 aromatic rings. The van der Waals surface area contributed by atoms with Crippen molar-refractivity contribution in [2.75, 3.05) is 28.4 Å². The highest BCUT2D eigenvalue weighted by Crippen LogP contribution is 2.37. The summed E-state index contributed by atoms with van der Waals surface area (Å²) in [5.74, 6) is 2.93. The summed E-state index contributed by atoms with van der Waals surface area (Å²) in [4.78, 5) is 0. The second-order valence-electron chi connectivity index (χ2n) is 5.78. The summed E-state index contributed by atoms with van der Waals surface area (Å²) in [7, 11) is 6.59. The monoisotopic (exact) mass is 377 g/mol. The Labute approximate surface area is 160 Å². The molecule has 3 rings (SSSR count). The third kappa shape index (κ3) is 3.83. The molecule has 0 saturated heterocycles. The van der Waals surface area contributed by atoms with Gasteiger partial charge in [-0.05, 0) is 59.7 Å². The van der Waals surface area contributed by atoms with Crippen LogP contribution >= 0.6 is 12.4 Å². The van der Waals surface area contributed by atoms with E-state index in [1.165, 1.54) is 5.56 Å². The van der Waals surface area contributed by atoms with Crippen LogP contribution in [-0.2, 0) is 6.42 Å². The molecule has 6 heteroatoms. The van der Waals surface area contributed by atoms with E-state index in [0.29, 0.717) is 0 Å². The van der Waals surface area contributed by atoms with Gasteiger partial charge in [0, 0.05) is 0 Å². The van der Waals surface area contributed by atoms with Gasteiger partial charge in [0.1, 0.15) is 0 Å². The molecule has 0 bridgehead atoms. The predicted octanol–water partition coefficient (Wildman–Crippen LogP) is 4.00. The van der Waals surface area contributed by atoms with Crippen molar-refractivity contribution in [2.24, 2.45) is 0 Å². The van der Waals surface area contributed by atoms with E-state index in [2.05, 4.69) is 11.4 Å². The number of rotatable bonds is 6. The second kappa shape index (κ2) is 8.72. The first-order valence-electron chi connectivity index (χ1n) is 8.09. The minimum absolute atomic E-state index is 0. The van der Waals surface area contributed by atoms with Crippen LogP contribution in [0.1, 0.15) is 22.7 Å². The molecule has 5 nitrogen and oxygen atoms in total. The van der Waals surface area contributed by atoms with Gasteiger partial charge in [0.2, 0.25) is 0 Å².